The van der Waals surface area contributed by atoms with Crippen molar-refractivity contribution >= 4 is 32.9 Å². The zero-order chi connectivity index (χ0) is 27.4. The van der Waals surface area contributed by atoms with Crippen molar-refractivity contribution in [3.05, 3.63) is 107 Å². The SMILES string of the molecule is CNS(=O)(=O)c1ccc(CN(CCc2c[nH]c3ccccc23)C2CCc3cc(/C=C/C(=O)NO)ccc32)cc1. The Balaban J connectivity index is 1.41. The van der Waals surface area contributed by atoms with Crippen molar-refractivity contribution in [2.24, 2.45) is 0 Å². The Labute approximate surface area is 228 Å². The molecule has 0 bridgehead atoms. The van der Waals surface area contributed by atoms with E-state index in [9.17, 15) is 13.2 Å². The minimum Gasteiger partial charge on any atom is -0.361 e. The van der Waals surface area contributed by atoms with Crippen molar-refractivity contribution in [2.75, 3.05) is 13.6 Å². The summed E-state index contributed by atoms with van der Waals surface area (Å²) in [6.07, 6.45) is 7.86. The van der Waals surface area contributed by atoms with Crippen LogP contribution in [0, 0.1) is 0 Å². The van der Waals surface area contributed by atoms with Crippen LogP contribution < -0.4 is 10.2 Å². The number of amides is 1. The molecule has 1 aliphatic carbocycles. The second kappa shape index (κ2) is 11.5. The predicted octanol–water partition coefficient (Wildman–Crippen LogP) is 4.33. The zero-order valence-electron chi connectivity index (χ0n) is 21.7. The molecule has 1 heterocycles. The summed E-state index contributed by atoms with van der Waals surface area (Å²) in [6, 6.07) is 21.8. The molecule has 1 amide bonds. The molecule has 4 N–H and O–H groups in total. The number of benzene rings is 3. The Morgan fingerprint density at radius 2 is 1.92 bits per heavy atom. The van der Waals surface area contributed by atoms with Crippen LogP contribution in [0.3, 0.4) is 0 Å². The molecule has 1 unspecified atom stereocenters. The number of sulfonamides is 1. The maximum absolute atomic E-state index is 12.2. The van der Waals surface area contributed by atoms with E-state index in [0.29, 0.717) is 6.54 Å². The number of aromatic nitrogens is 1. The smallest absolute Gasteiger partial charge is 0.267 e. The molecule has 0 radical (unpaired) electrons. The lowest BCUT2D eigenvalue weighted by atomic mass is 10.0. The zero-order valence-corrected chi connectivity index (χ0v) is 22.5. The molecule has 39 heavy (non-hydrogen) atoms. The summed E-state index contributed by atoms with van der Waals surface area (Å²) in [5.74, 6) is -0.564. The monoisotopic (exact) mass is 544 g/mol. The summed E-state index contributed by atoms with van der Waals surface area (Å²) in [6.45, 7) is 1.52. The van der Waals surface area contributed by atoms with Gasteiger partial charge < -0.3 is 4.98 Å². The lowest BCUT2D eigenvalue weighted by molar-refractivity contribution is -0.124. The summed E-state index contributed by atoms with van der Waals surface area (Å²) in [5, 5.41) is 9.97. The number of rotatable bonds is 10. The van der Waals surface area contributed by atoms with E-state index >= 15 is 0 Å². The Kier molecular flexibility index (Phi) is 7.94. The first-order valence-electron chi connectivity index (χ1n) is 12.9. The Morgan fingerprint density at radius 3 is 2.69 bits per heavy atom. The van der Waals surface area contributed by atoms with E-state index in [0.717, 1.165) is 42.5 Å². The summed E-state index contributed by atoms with van der Waals surface area (Å²) < 4.78 is 26.7. The van der Waals surface area contributed by atoms with E-state index in [2.05, 4.69) is 51.1 Å². The second-order valence-electron chi connectivity index (χ2n) is 9.75. The first-order chi connectivity index (χ1) is 18.9. The van der Waals surface area contributed by atoms with E-state index in [1.54, 1.807) is 23.7 Å². The number of hydroxylamine groups is 1. The number of hydrogen-bond acceptors (Lipinski definition) is 5. The van der Waals surface area contributed by atoms with Crippen molar-refractivity contribution in [2.45, 2.75) is 36.7 Å². The average Bonchev–Trinajstić information content (AvgIpc) is 3.58. The molecule has 9 heteroatoms. The fraction of sp³-hybridized carbons (Fsp3) is 0.233. The number of hydrogen-bond donors (Lipinski definition) is 4. The van der Waals surface area contributed by atoms with Gasteiger partial charge in [-0.15, -0.1) is 0 Å². The number of nitrogens with zero attached hydrogens (tertiary/aromatic N) is 1. The van der Waals surface area contributed by atoms with Crippen molar-refractivity contribution in [1.82, 2.24) is 20.1 Å². The van der Waals surface area contributed by atoms with E-state index < -0.39 is 15.9 Å². The Bertz CT molecular complexity index is 1610. The van der Waals surface area contributed by atoms with Crippen LogP contribution in [-0.4, -0.2) is 43.0 Å². The summed E-state index contributed by atoms with van der Waals surface area (Å²) >= 11 is 0. The number of H-pyrrole nitrogens is 1. The number of aryl methyl sites for hydroxylation is 1. The number of fused-ring (bicyclic) bond motifs is 2. The van der Waals surface area contributed by atoms with E-state index in [4.69, 9.17) is 5.21 Å². The second-order valence-corrected chi connectivity index (χ2v) is 11.6. The molecule has 1 aliphatic rings. The molecule has 3 aromatic carbocycles. The van der Waals surface area contributed by atoms with Crippen LogP contribution in [0.2, 0.25) is 0 Å². The molecule has 5 rings (SSSR count). The lowest BCUT2D eigenvalue weighted by Crippen LogP contribution is -2.29. The number of carbonyl (C=O) groups is 1. The molecule has 8 nitrogen and oxygen atoms in total. The highest BCUT2D eigenvalue weighted by Gasteiger charge is 2.28. The predicted molar refractivity (Wildman–Crippen MR) is 152 cm³/mol. The van der Waals surface area contributed by atoms with Crippen LogP contribution in [0.25, 0.3) is 17.0 Å². The normalized spacial score (nSPS) is 15.3. The van der Waals surface area contributed by atoms with Crippen LogP contribution in [0.1, 0.15) is 40.3 Å². The first-order valence-corrected chi connectivity index (χ1v) is 14.4. The van der Waals surface area contributed by atoms with Crippen LogP contribution in [-0.2, 0) is 34.2 Å². The molecule has 0 aliphatic heterocycles. The maximum atomic E-state index is 12.2. The molecular weight excluding hydrogens is 512 g/mol. The molecule has 202 valence electrons. The van der Waals surface area contributed by atoms with Gasteiger partial charge in [0, 0.05) is 42.3 Å². The molecule has 1 atom stereocenters. The van der Waals surface area contributed by atoms with Crippen LogP contribution in [0.15, 0.2) is 83.9 Å². The summed E-state index contributed by atoms with van der Waals surface area (Å²) in [7, 11) is -2.07. The largest absolute Gasteiger partial charge is 0.361 e. The third kappa shape index (κ3) is 5.97. The van der Waals surface area contributed by atoms with E-state index in [1.807, 2.05) is 24.3 Å². The van der Waals surface area contributed by atoms with Gasteiger partial charge in [-0.25, -0.2) is 18.6 Å². The van der Waals surface area contributed by atoms with Gasteiger partial charge in [0.15, 0.2) is 0 Å². The van der Waals surface area contributed by atoms with Crippen LogP contribution in [0.5, 0.6) is 0 Å². The van der Waals surface area contributed by atoms with Gasteiger partial charge >= 0.3 is 0 Å². The molecule has 0 saturated carbocycles. The third-order valence-corrected chi connectivity index (χ3v) is 8.85. The molecule has 0 saturated heterocycles. The van der Waals surface area contributed by atoms with Crippen molar-refractivity contribution in [1.29, 1.82) is 0 Å². The Hall–Kier alpha value is -3.76. The molecule has 0 fully saturated rings. The van der Waals surface area contributed by atoms with Crippen molar-refractivity contribution in [3.63, 3.8) is 0 Å². The van der Waals surface area contributed by atoms with Gasteiger partial charge in [-0.2, -0.15) is 0 Å². The van der Waals surface area contributed by atoms with Crippen molar-refractivity contribution in [3.8, 4) is 0 Å². The highest BCUT2D eigenvalue weighted by molar-refractivity contribution is 7.89. The number of nitrogens with one attached hydrogen (secondary N) is 3. The topological polar surface area (TPSA) is 115 Å². The highest BCUT2D eigenvalue weighted by Crippen LogP contribution is 2.37. The van der Waals surface area contributed by atoms with Crippen molar-refractivity contribution < 1.29 is 18.4 Å². The fourth-order valence-corrected chi connectivity index (χ4v) is 6.11. The van der Waals surface area contributed by atoms with E-state index in [1.165, 1.54) is 35.2 Å². The van der Waals surface area contributed by atoms with Gasteiger partial charge in [-0.1, -0.05) is 48.5 Å². The van der Waals surface area contributed by atoms with Gasteiger partial charge in [0.25, 0.3) is 5.91 Å². The van der Waals surface area contributed by atoms with Gasteiger partial charge in [-0.05, 0) is 78.4 Å². The highest BCUT2D eigenvalue weighted by atomic mass is 32.2. The molecular formula is C30H32N4O4S. The molecule has 4 aromatic rings. The minimum atomic E-state index is -3.49. The standard InChI is InChI=1S/C30H32N4O4S/c1-31-39(37,38)25-11-6-22(7-12-25)20-34(17-16-24-19-32-28-5-3-2-4-26(24)28)29-14-10-23-18-21(8-13-27(23)29)9-15-30(35)33-36/h2-9,11-13,15,18-19,29,31-32,36H,10,14,16-17,20H2,1H3,(H,33,35)/b15-9+. The molecule has 1 aromatic heterocycles. The quantitative estimate of drug-likeness (QED) is 0.135. The lowest BCUT2D eigenvalue weighted by Gasteiger charge is -2.30. The number of carbonyl (C=O) groups excluding carboxylic acids is 1. The van der Waals surface area contributed by atoms with Gasteiger partial charge in [0.1, 0.15) is 0 Å². The van der Waals surface area contributed by atoms with E-state index in [-0.39, 0.29) is 10.9 Å². The third-order valence-electron chi connectivity index (χ3n) is 7.42. The Morgan fingerprint density at radius 1 is 1.13 bits per heavy atom. The summed E-state index contributed by atoms with van der Waals surface area (Å²) in [5.41, 5.74) is 8.48. The number of para-hydroxylation sites is 1. The first kappa shape index (κ1) is 26.8. The maximum Gasteiger partial charge on any atom is 0.267 e. The van der Waals surface area contributed by atoms with Gasteiger partial charge in [0.2, 0.25) is 10.0 Å². The van der Waals surface area contributed by atoms with Gasteiger partial charge in [-0.3, -0.25) is 14.9 Å². The minimum absolute atomic E-state index is 0.213. The molecule has 0 spiro atoms. The average molecular weight is 545 g/mol. The summed E-state index contributed by atoms with van der Waals surface area (Å²) in [4.78, 5) is 17.5. The number of aromatic amines is 1. The van der Waals surface area contributed by atoms with Crippen LogP contribution >= 0.6 is 0 Å². The fourth-order valence-electron chi connectivity index (χ4n) is 5.38. The van der Waals surface area contributed by atoms with Gasteiger partial charge in [0.05, 0.1) is 4.90 Å². The van der Waals surface area contributed by atoms with Crippen LogP contribution in [0.4, 0.5) is 0 Å².